The Labute approximate surface area is 182 Å². The van der Waals surface area contributed by atoms with E-state index in [4.69, 9.17) is 18.9 Å². The molecule has 1 heterocycles. The monoisotopic (exact) mass is 420 g/mol. The molecule has 1 fully saturated rings. The predicted molar refractivity (Wildman–Crippen MR) is 119 cm³/mol. The van der Waals surface area contributed by atoms with E-state index in [1.165, 1.54) is 5.56 Å². The summed E-state index contributed by atoms with van der Waals surface area (Å²) in [5, 5.41) is 0. The molecule has 0 aliphatic carbocycles. The first kappa shape index (κ1) is 24.5. The highest BCUT2D eigenvalue weighted by molar-refractivity contribution is 5.74. The minimum absolute atomic E-state index is 0.00827. The van der Waals surface area contributed by atoms with Crippen molar-refractivity contribution in [2.45, 2.75) is 65.9 Å². The molecular formula is C25H40O5. The van der Waals surface area contributed by atoms with Gasteiger partial charge in [-0.2, -0.15) is 0 Å². The summed E-state index contributed by atoms with van der Waals surface area (Å²) in [4.78, 5) is 12.2. The van der Waals surface area contributed by atoms with Gasteiger partial charge in [0.05, 0.1) is 19.6 Å². The molecule has 1 saturated heterocycles. The second-order valence-electron chi connectivity index (χ2n) is 9.04. The van der Waals surface area contributed by atoms with Crippen LogP contribution in [-0.4, -0.2) is 39.5 Å². The predicted octanol–water partition coefficient (Wildman–Crippen LogP) is 5.29. The number of methoxy groups -OCH3 is 2. The van der Waals surface area contributed by atoms with Crippen LogP contribution in [0, 0.1) is 23.7 Å². The maximum atomic E-state index is 12.2. The van der Waals surface area contributed by atoms with E-state index >= 15 is 0 Å². The molecule has 0 spiro atoms. The fourth-order valence-corrected chi connectivity index (χ4v) is 4.30. The van der Waals surface area contributed by atoms with Gasteiger partial charge in [0.1, 0.15) is 6.10 Å². The minimum atomic E-state index is -0.00827. The molecular weight excluding hydrogens is 380 g/mol. The SMILES string of the molecule is COCCCOc1cc(CCCC(C(C)C)[C@@H]2C[C@@H](C(C)C)C(=O)O2)ccc1OC. The topological polar surface area (TPSA) is 54.0 Å². The van der Waals surface area contributed by atoms with Crippen LogP contribution in [0.5, 0.6) is 11.5 Å². The molecule has 30 heavy (non-hydrogen) atoms. The molecule has 1 aliphatic rings. The molecule has 5 heteroatoms. The quantitative estimate of drug-likeness (QED) is 0.320. The lowest BCUT2D eigenvalue weighted by atomic mass is 9.81. The molecule has 0 radical (unpaired) electrons. The highest BCUT2D eigenvalue weighted by atomic mass is 16.6. The Bertz CT molecular complexity index is 655. The van der Waals surface area contributed by atoms with Gasteiger partial charge < -0.3 is 18.9 Å². The molecule has 0 amide bonds. The van der Waals surface area contributed by atoms with Gasteiger partial charge in [0.15, 0.2) is 11.5 Å². The number of hydrogen-bond donors (Lipinski definition) is 0. The molecule has 1 aromatic rings. The third kappa shape index (κ3) is 6.90. The molecule has 0 aromatic heterocycles. The number of aryl methyl sites for hydroxylation is 1. The lowest BCUT2D eigenvalue weighted by Gasteiger charge is -2.26. The van der Waals surface area contributed by atoms with E-state index in [0.29, 0.717) is 31.0 Å². The van der Waals surface area contributed by atoms with Crippen molar-refractivity contribution in [1.82, 2.24) is 0 Å². The van der Waals surface area contributed by atoms with Crippen LogP contribution in [0.1, 0.15) is 58.9 Å². The van der Waals surface area contributed by atoms with Gasteiger partial charge in [-0.05, 0) is 61.1 Å². The standard InChI is InChI=1S/C25H40O5/c1-17(2)20(23-16-21(18(3)4)25(26)30-23)10-7-9-19-11-12-22(28-6)24(15-19)29-14-8-13-27-5/h11-12,15,17-18,20-21,23H,7-10,13-14,16H2,1-6H3/t20?,21-,23-/m0/s1. The number of benzene rings is 1. The number of carbonyl (C=O) groups is 1. The molecule has 1 aliphatic heterocycles. The van der Waals surface area contributed by atoms with Crippen LogP contribution in [0.3, 0.4) is 0 Å². The van der Waals surface area contributed by atoms with Crippen LogP contribution in [0.15, 0.2) is 18.2 Å². The number of cyclic esters (lactones) is 1. The van der Waals surface area contributed by atoms with Crippen LogP contribution < -0.4 is 9.47 Å². The van der Waals surface area contributed by atoms with Gasteiger partial charge >= 0.3 is 5.97 Å². The van der Waals surface area contributed by atoms with Crippen LogP contribution in [0.4, 0.5) is 0 Å². The van der Waals surface area contributed by atoms with Gasteiger partial charge in [0.2, 0.25) is 0 Å². The molecule has 3 atom stereocenters. The van der Waals surface area contributed by atoms with Crippen molar-refractivity contribution >= 4 is 5.97 Å². The lowest BCUT2D eigenvalue weighted by molar-refractivity contribution is -0.147. The van der Waals surface area contributed by atoms with Crippen molar-refractivity contribution in [2.24, 2.45) is 23.7 Å². The van der Waals surface area contributed by atoms with E-state index in [9.17, 15) is 4.79 Å². The van der Waals surface area contributed by atoms with Crippen LogP contribution in [0.2, 0.25) is 0 Å². The van der Waals surface area contributed by atoms with Gasteiger partial charge in [-0.25, -0.2) is 0 Å². The third-order valence-electron chi connectivity index (χ3n) is 6.18. The molecule has 5 nitrogen and oxygen atoms in total. The average Bonchev–Trinajstić information content (AvgIpc) is 3.10. The average molecular weight is 421 g/mol. The van der Waals surface area contributed by atoms with E-state index < -0.39 is 0 Å². The zero-order valence-electron chi connectivity index (χ0n) is 19.6. The Hall–Kier alpha value is -1.75. The number of carbonyl (C=O) groups excluding carboxylic acids is 1. The second kappa shape index (κ2) is 12.2. The van der Waals surface area contributed by atoms with E-state index in [1.807, 2.05) is 6.07 Å². The van der Waals surface area contributed by atoms with E-state index in [2.05, 4.69) is 39.8 Å². The number of ether oxygens (including phenoxy) is 4. The van der Waals surface area contributed by atoms with Crippen LogP contribution in [0.25, 0.3) is 0 Å². The summed E-state index contributed by atoms with van der Waals surface area (Å²) in [7, 11) is 3.36. The molecule has 1 unspecified atom stereocenters. The summed E-state index contributed by atoms with van der Waals surface area (Å²) in [5.74, 6) is 2.83. The van der Waals surface area contributed by atoms with Crippen molar-refractivity contribution in [2.75, 3.05) is 27.4 Å². The summed E-state index contributed by atoms with van der Waals surface area (Å²) in [6, 6.07) is 6.17. The fourth-order valence-electron chi connectivity index (χ4n) is 4.30. The zero-order valence-corrected chi connectivity index (χ0v) is 19.6. The maximum Gasteiger partial charge on any atom is 0.309 e. The van der Waals surface area contributed by atoms with Crippen molar-refractivity contribution < 1.29 is 23.7 Å². The van der Waals surface area contributed by atoms with Crippen molar-refractivity contribution in [3.63, 3.8) is 0 Å². The van der Waals surface area contributed by atoms with Gasteiger partial charge in [-0.1, -0.05) is 33.8 Å². The lowest BCUT2D eigenvalue weighted by Crippen LogP contribution is -2.25. The summed E-state index contributed by atoms with van der Waals surface area (Å²) >= 11 is 0. The molecule has 170 valence electrons. The van der Waals surface area contributed by atoms with E-state index in [-0.39, 0.29) is 18.0 Å². The Balaban J connectivity index is 1.92. The second-order valence-corrected chi connectivity index (χ2v) is 9.04. The third-order valence-corrected chi connectivity index (χ3v) is 6.18. The van der Waals surface area contributed by atoms with Crippen LogP contribution >= 0.6 is 0 Å². The summed E-state index contributed by atoms with van der Waals surface area (Å²) in [6.45, 7) is 9.98. The molecule has 0 N–H and O–H groups in total. The normalized spacial score (nSPS) is 19.9. The Morgan fingerprint density at radius 2 is 1.83 bits per heavy atom. The number of hydrogen-bond acceptors (Lipinski definition) is 5. The van der Waals surface area contributed by atoms with Crippen molar-refractivity contribution in [3.8, 4) is 11.5 Å². The molecule has 2 rings (SSSR count). The summed E-state index contributed by atoms with van der Waals surface area (Å²) in [5.41, 5.74) is 1.24. The van der Waals surface area contributed by atoms with Gasteiger partial charge in [0, 0.05) is 20.1 Å². The van der Waals surface area contributed by atoms with E-state index in [0.717, 1.165) is 43.6 Å². The van der Waals surface area contributed by atoms with Gasteiger partial charge in [-0.3, -0.25) is 4.79 Å². The maximum absolute atomic E-state index is 12.2. The van der Waals surface area contributed by atoms with Gasteiger partial charge in [-0.15, -0.1) is 0 Å². The summed E-state index contributed by atoms with van der Waals surface area (Å²) < 4.78 is 22.2. The molecule has 0 bridgehead atoms. The molecule has 1 aromatic carbocycles. The first-order valence-electron chi connectivity index (χ1n) is 11.4. The first-order chi connectivity index (χ1) is 14.4. The smallest absolute Gasteiger partial charge is 0.309 e. The number of esters is 1. The fraction of sp³-hybridized carbons (Fsp3) is 0.720. The van der Waals surface area contributed by atoms with Crippen molar-refractivity contribution in [3.05, 3.63) is 23.8 Å². The number of rotatable bonds is 13. The Morgan fingerprint density at radius 1 is 1.07 bits per heavy atom. The van der Waals surface area contributed by atoms with Crippen LogP contribution in [-0.2, 0) is 20.7 Å². The summed E-state index contributed by atoms with van der Waals surface area (Å²) in [6.07, 6.45) is 4.84. The minimum Gasteiger partial charge on any atom is -0.493 e. The zero-order chi connectivity index (χ0) is 22.1. The van der Waals surface area contributed by atoms with E-state index in [1.54, 1.807) is 14.2 Å². The largest absolute Gasteiger partial charge is 0.493 e. The Kier molecular flexibility index (Phi) is 9.96. The van der Waals surface area contributed by atoms with Crippen molar-refractivity contribution in [1.29, 1.82) is 0 Å². The Morgan fingerprint density at radius 3 is 2.43 bits per heavy atom. The molecule has 0 saturated carbocycles. The first-order valence-corrected chi connectivity index (χ1v) is 11.4. The highest BCUT2D eigenvalue weighted by Crippen LogP contribution is 2.36. The van der Waals surface area contributed by atoms with Gasteiger partial charge in [0.25, 0.3) is 0 Å². The highest BCUT2D eigenvalue weighted by Gasteiger charge is 2.40.